The van der Waals surface area contributed by atoms with E-state index in [-0.39, 0.29) is 11.6 Å². The monoisotopic (exact) mass is 384 g/mol. The lowest BCUT2D eigenvalue weighted by atomic mass is 9.79. The maximum atomic E-state index is 12.7. The number of Topliss-reactive ketones (excluding diaryl/α,β-unsaturated/α-hetero) is 1. The molecule has 0 aliphatic heterocycles. The van der Waals surface area contributed by atoms with E-state index in [1.165, 1.54) is 0 Å². The van der Waals surface area contributed by atoms with E-state index >= 15 is 0 Å². The average Bonchev–Trinajstić information content (AvgIpc) is 2.79. The lowest BCUT2D eigenvalue weighted by Crippen LogP contribution is -2.40. The van der Waals surface area contributed by atoms with E-state index in [9.17, 15) is 14.7 Å². The highest BCUT2D eigenvalue weighted by molar-refractivity contribution is 6.09. The van der Waals surface area contributed by atoms with E-state index in [0.29, 0.717) is 29.5 Å². The second kappa shape index (κ2) is 8.14. The van der Waals surface area contributed by atoms with Gasteiger partial charge in [-0.3, -0.25) is 9.59 Å². The Morgan fingerprint density at radius 2 is 1.10 bits per heavy atom. The van der Waals surface area contributed by atoms with Gasteiger partial charge in [0.25, 0.3) is 0 Å². The van der Waals surface area contributed by atoms with Gasteiger partial charge in [-0.15, -0.1) is 0 Å². The van der Waals surface area contributed by atoms with Crippen LogP contribution in [0.1, 0.15) is 58.4 Å². The molecule has 0 spiro atoms. The van der Waals surface area contributed by atoms with Crippen LogP contribution >= 0.6 is 0 Å². The summed E-state index contributed by atoms with van der Waals surface area (Å²) < 4.78 is 0. The first kappa shape index (κ1) is 19.3. The first-order valence-corrected chi connectivity index (χ1v) is 10.1. The molecule has 0 bridgehead atoms. The van der Waals surface area contributed by atoms with Gasteiger partial charge >= 0.3 is 0 Å². The maximum Gasteiger partial charge on any atom is 0.194 e. The molecule has 1 aliphatic carbocycles. The van der Waals surface area contributed by atoms with Gasteiger partial charge in [0, 0.05) is 16.7 Å². The van der Waals surface area contributed by atoms with Gasteiger partial charge in [0.1, 0.15) is 5.60 Å². The van der Waals surface area contributed by atoms with Crippen molar-refractivity contribution in [3.05, 3.63) is 95.6 Å². The molecule has 0 unspecified atom stereocenters. The van der Waals surface area contributed by atoms with Gasteiger partial charge in [0.2, 0.25) is 0 Å². The van der Waals surface area contributed by atoms with Crippen molar-refractivity contribution in [1.29, 1.82) is 0 Å². The fourth-order valence-corrected chi connectivity index (χ4v) is 4.02. The van der Waals surface area contributed by atoms with E-state index in [0.717, 1.165) is 30.4 Å². The minimum atomic E-state index is -1.21. The molecule has 3 nitrogen and oxygen atoms in total. The molecule has 1 aliphatic rings. The first-order chi connectivity index (χ1) is 14.1. The minimum absolute atomic E-state index is 0.00109. The molecular formula is C26H24O3. The standard InChI is InChI=1S/C26H24O3/c27-24(21-7-3-1-4-8-21)22-13-9-19(10-14-22)20-11-15-23(16-12-20)25(28)26(29)17-5-2-6-18-26/h1,3-4,7-16,29H,2,5-6,17-18H2. The number of aliphatic hydroxyl groups is 1. The SMILES string of the molecule is O=C(c1ccccc1)c1ccc(-c2ccc(C(=O)C3(O)CCCCC3)cc2)cc1. The highest BCUT2D eigenvalue weighted by atomic mass is 16.3. The molecule has 29 heavy (non-hydrogen) atoms. The number of ketones is 2. The van der Waals surface area contributed by atoms with Crippen LogP contribution in [-0.2, 0) is 0 Å². The summed E-state index contributed by atoms with van der Waals surface area (Å²) in [5, 5.41) is 10.7. The number of hydrogen-bond donors (Lipinski definition) is 1. The molecule has 1 fully saturated rings. The van der Waals surface area contributed by atoms with Crippen LogP contribution in [0.15, 0.2) is 78.9 Å². The summed E-state index contributed by atoms with van der Waals surface area (Å²) in [6.07, 6.45) is 3.97. The first-order valence-electron chi connectivity index (χ1n) is 10.1. The van der Waals surface area contributed by atoms with Gasteiger partial charge < -0.3 is 5.11 Å². The molecule has 1 N–H and O–H groups in total. The van der Waals surface area contributed by atoms with Crippen molar-refractivity contribution < 1.29 is 14.7 Å². The van der Waals surface area contributed by atoms with Crippen LogP contribution in [0.5, 0.6) is 0 Å². The maximum absolute atomic E-state index is 12.7. The second-order valence-electron chi connectivity index (χ2n) is 7.77. The largest absolute Gasteiger partial charge is 0.382 e. The summed E-state index contributed by atoms with van der Waals surface area (Å²) in [7, 11) is 0. The molecule has 0 radical (unpaired) electrons. The topological polar surface area (TPSA) is 54.4 Å². The Bertz CT molecular complexity index is 996. The molecule has 0 amide bonds. The molecular weight excluding hydrogens is 360 g/mol. The Balaban J connectivity index is 1.51. The molecule has 3 aromatic rings. The zero-order valence-corrected chi connectivity index (χ0v) is 16.3. The molecule has 3 aromatic carbocycles. The van der Waals surface area contributed by atoms with Crippen LogP contribution in [0.4, 0.5) is 0 Å². The number of carbonyl (C=O) groups is 2. The number of carbonyl (C=O) groups excluding carboxylic acids is 2. The summed E-state index contributed by atoms with van der Waals surface area (Å²) in [5.74, 6) is -0.175. The lowest BCUT2D eigenvalue weighted by Gasteiger charge is -2.30. The van der Waals surface area contributed by atoms with Crippen molar-refractivity contribution in [2.24, 2.45) is 0 Å². The average molecular weight is 384 g/mol. The van der Waals surface area contributed by atoms with Crippen molar-refractivity contribution in [3.8, 4) is 11.1 Å². The number of benzene rings is 3. The predicted octanol–water partition coefficient (Wildman–Crippen LogP) is 5.46. The van der Waals surface area contributed by atoms with Crippen molar-refractivity contribution in [2.45, 2.75) is 37.7 Å². The molecule has 0 saturated heterocycles. The molecule has 4 rings (SSSR count). The Hall–Kier alpha value is -3.04. The second-order valence-corrected chi connectivity index (χ2v) is 7.77. The molecule has 0 heterocycles. The van der Waals surface area contributed by atoms with Crippen molar-refractivity contribution in [1.82, 2.24) is 0 Å². The van der Waals surface area contributed by atoms with Gasteiger partial charge in [0.05, 0.1) is 0 Å². The summed E-state index contributed by atoms with van der Waals surface area (Å²) >= 11 is 0. The Kier molecular flexibility index (Phi) is 5.41. The van der Waals surface area contributed by atoms with Crippen LogP contribution in [-0.4, -0.2) is 22.3 Å². The van der Waals surface area contributed by atoms with Gasteiger partial charge in [-0.2, -0.15) is 0 Å². The highest BCUT2D eigenvalue weighted by Crippen LogP contribution is 2.32. The molecule has 1 saturated carbocycles. The smallest absolute Gasteiger partial charge is 0.194 e. The van der Waals surface area contributed by atoms with Crippen molar-refractivity contribution >= 4 is 11.6 Å². The quantitative estimate of drug-likeness (QED) is 0.594. The molecule has 3 heteroatoms. The van der Waals surface area contributed by atoms with Gasteiger partial charge in [-0.1, -0.05) is 98.1 Å². The van der Waals surface area contributed by atoms with E-state index in [2.05, 4.69) is 0 Å². The van der Waals surface area contributed by atoms with Gasteiger partial charge in [0.15, 0.2) is 11.6 Å². The fraction of sp³-hybridized carbons (Fsp3) is 0.231. The van der Waals surface area contributed by atoms with Gasteiger partial charge in [-0.25, -0.2) is 0 Å². The summed E-state index contributed by atoms with van der Waals surface area (Å²) in [4.78, 5) is 25.3. The Morgan fingerprint density at radius 1 is 0.621 bits per heavy atom. The summed E-state index contributed by atoms with van der Waals surface area (Å²) in [5.41, 5.74) is 2.60. The van der Waals surface area contributed by atoms with E-state index in [1.807, 2.05) is 66.7 Å². The summed E-state index contributed by atoms with van der Waals surface area (Å²) in [6, 6.07) is 24.1. The van der Waals surface area contributed by atoms with Crippen LogP contribution < -0.4 is 0 Å². The van der Waals surface area contributed by atoms with Crippen LogP contribution in [0.3, 0.4) is 0 Å². The van der Waals surface area contributed by atoms with Crippen molar-refractivity contribution in [2.75, 3.05) is 0 Å². The number of rotatable bonds is 5. The van der Waals surface area contributed by atoms with E-state index in [4.69, 9.17) is 0 Å². The van der Waals surface area contributed by atoms with E-state index in [1.54, 1.807) is 12.1 Å². The molecule has 0 aromatic heterocycles. The third kappa shape index (κ3) is 4.06. The highest BCUT2D eigenvalue weighted by Gasteiger charge is 2.37. The van der Waals surface area contributed by atoms with Crippen LogP contribution in [0, 0.1) is 0 Å². The van der Waals surface area contributed by atoms with Crippen LogP contribution in [0.25, 0.3) is 11.1 Å². The third-order valence-corrected chi connectivity index (χ3v) is 5.77. The Morgan fingerprint density at radius 3 is 1.66 bits per heavy atom. The molecule has 0 atom stereocenters. The summed E-state index contributed by atoms with van der Waals surface area (Å²) in [6.45, 7) is 0. The predicted molar refractivity (Wildman–Crippen MR) is 114 cm³/mol. The minimum Gasteiger partial charge on any atom is -0.382 e. The van der Waals surface area contributed by atoms with Gasteiger partial charge in [-0.05, 0) is 24.0 Å². The zero-order chi connectivity index (χ0) is 20.3. The van der Waals surface area contributed by atoms with Crippen molar-refractivity contribution in [3.63, 3.8) is 0 Å². The normalized spacial score (nSPS) is 15.6. The Labute approximate surface area is 171 Å². The van der Waals surface area contributed by atoms with Crippen LogP contribution in [0.2, 0.25) is 0 Å². The fourth-order valence-electron chi connectivity index (χ4n) is 4.02. The lowest BCUT2D eigenvalue weighted by molar-refractivity contribution is 0.0116. The van der Waals surface area contributed by atoms with E-state index < -0.39 is 5.60 Å². The zero-order valence-electron chi connectivity index (χ0n) is 16.3. The third-order valence-electron chi connectivity index (χ3n) is 5.77. The molecule has 146 valence electrons. The number of hydrogen-bond acceptors (Lipinski definition) is 3.